The summed E-state index contributed by atoms with van der Waals surface area (Å²) in [6, 6.07) is 0.793. The molecule has 94 valence electrons. The summed E-state index contributed by atoms with van der Waals surface area (Å²) < 4.78 is 0. The number of hydrogen-bond acceptors (Lipinski definition) is 2. The largest absolute Gasteiger partial charge is 0.300 e. The van der Waals surface area contributed by atoms with Gasteiger partial charge in [0.2, 0.25) is 0 Å². The molecule has 1 nitrogen and oxygen atoms in total. The topological polar surface area (TPSA) is 3.24 Å². The van der Waals surface area contributed by atoms with Crippen LogP contribution in [0.25, 0.3) is 0 Å². The van der Waals surface area contributed by atoms with Crippen LogP contribution in [-0.2, 0) is 0 Å². The van der Waals surface area contributed by atoms with Crippen LogP contribution in [-0.4, -0.2) is 29.8 Å². The Morgan fingerprint density at radius 3 is 2.50 bits per heavy atom. The smallest absolute Gasteiger partial charge is 0.00697 e. The first-order valence-electron chi connectivity index (χ1n) is 7.00. The normalized spacial score (nSPS) is 35.4. The van der Waals surface area contributed by atoms with Gasteiger partial charge < -0.3 is 4.90 Å². The first kappa shape index (κ1) is 12.8. The highest BCUT2D eigenvalue weighted by Crippen LogP contribution is 2.41. The Bertz CT molecular complexity index is 223. The van der Waals surface area contributed by atoms with Crippen LogP contribution >= 0.6 is 12.6 Å². The molecule has 2 unspecified atom stereocenters. The van der Waals surface area contributed by atoms with Crippen molar-refractivity contribution in [1.29, 1.82) is 0 Å². The third-order valence-corrected chi connectivity index (χ3v) is 5.48. The fraction of sp³-hybridized carbons (Fsp3) is 1.00. The van der Waals surface area contributed by atoms with E-state index >= 15 is 0 Å². The van der Waals surface area contributed by atoms with Crippen molar-refractivity contribution in [2.24, 2.45) is 11.3 Å². The molecule has 2 heteroatoms. The van der Waals surface area contributed by atoms with Crippen LogP contribution in [0.5, 0.6) is 0 Å². The minimum atomic E-state index is 0.554. The minimum absolute atomic E-state index is 0.554. The van der Waals surface area contributed by atoms with Crippen LogP contribution in [0, 0.1) is 11.3 Å². The maximum Gasteiger partial charge on any atom is 0.00697 e. The molecule has 2 atom stereocenters. The SMILES string of the molecule is CC1CCN(CC2(CS)CCCC2)C(C)C1. The number of rotatable bonds is 3. The summed E-state index contributed by atoms with van der Waals surface area (Å²) in [5.41, 5.74) is 0.554. The van der Waals surface area contributed by atoms with Crippen molar-refractivity contribution in [3.05, 3.63) is 0 Å². The highest BCUT2D eigenvalue weighted by atomic mass is 32.1. The van der Waals surface area contributed by atoms with Crippen LogP contribution in [0.3, 0.4) is 0 Å². The first-order valence-corrected chi connectivity index (χ1v) is 7.63. The molecule has 2 rings (SSSR count). The van der Waals surface area contributed by atoms with E-state index in [0.29, 0.717) is 5.41 Å². The van der Waals surface area contributed by atoms with Crippen LogP contribution < -0.4 is 0 Å². The maximum absolute atomic E-state index is 4.62. The zero-order valence-electron chi connectivity index (χ0n) is 10.9. The fourth-order valence-corrected chi connectivity index (χ4v) is 4.03. The Hall–Kier alpha value is 0.310. The molecular formula is C14H27NS. The van der Waals surface area contributed by atoms with Gasteiger partial charge in [-0.1, -0.05) is 19.8 Å². The predicted molar refractivity (Wildman–Crippen MR) is 74.2 cm³/mol. The summed E-state index contributed by atoms with van der Waals surface area (Å²) in [5, 5.41) is 0. The summed E-state index contributed by atoms with van der Waals surface area (Å²) in [4.78, 5) is 2.74. The minimum Gasteiger partial charge on any atom is -0.300 e. The molecule has 0 bridgehead atoms. The van der Waals surface area contributed by atoms with Crippen molar-refractivity contribution < 1.29 is 0 Å². The third-order valence-electron chi connectivity index (χ3n) is 4.81. The van der Waals surface area contributed by atoms with Gasteiger partial charge in [-0.3, -0.25) is 0 Å². The molecule has 0 aromatic carbocycles. The van der Waals surface area contributed by atoms with Gasteiger partial charge >= 0.3 is 0 Å². The van der Waals surface area contributed by atoms with Gasteiger partial charge in [-0.15, -0.1) is 0 Å². The standard InChI is InChI=1S/C14H27NS/c1-12-5-8-15(13(2)9-12)10-14(11-16)6-3-4-7-14/h12-13,16H,3-11H2,1-2H3. The molecule has 0 aromatic rings. The van der Waals surface area contributed by atoms with E-state index in [2.05, 4.69) is 31.4 Å². The van der Waals surface area contributed by atoms with Gasteiger partial charge in [0.25, 0.3) is 0 Å². The zero-order chi connectivity index (χ0) is 11.6. The lowest BCUT2D eigenvalue weighted by Crippen LogP contribution is -2.46. The molecule has 0 N–H and O–H groups in total. The lowest BCUT2D eigenvalue weighted by Gasteiger charge is -2.42. The molecule has 1 saturated carbocycles. The molecular weight excluding hydrogens is 214 g/mol. The average molecular weight is 241 g/mol. The number of hydrogen-bond donors (Lipinski definition) is 1. The van der Waals surface area contributed by atoms with Crippen molar-refractivity contribution in [3.8, 4) is 0 Å². The van der Waals surface area contributed by atoms with Crippen LogP contribution in [0.1, 0.15) is 52.4 Å². The highest BCUT2D eigenvalue weighted by Gasteiger charge is 2.36. The molecule has 1 aliphatic heterocycles. The Kier molecular flexibility index (Phi) is 4.23. The van der Waals surface area contributed by atoms with Crippen molar-refractivity contribution in [2.45, 2.75) is 58.4 Å². The molecule has 0 aromatic heterocycles. The number of piperidine rings is 1. The van der Waals surface area contributed by atoms with Gasteiger partial charge in [-0.05, 0) is 56.2 Å². The van der Waals surface area contributed by atoms with Crippen LogP contribution in [0.15, 0.2) is 0 Å². The van der Waals surface area contributed by atoms with Crippen LogP contribution in [0.4, 0.5) is 0 Å². The van der Waals surface area contributed by atoms with E-state index in [0.717, 1.165) is 17.7 Å². The third kappa shape index (κ3) is 2.76. The van der Waals surface area contributed by atoms with Crippen LogP contribution in [0.2, 0.25) is 0 Å². The zero-order valence-corrected chi connectivity index (χ0v) is 11.8. The Morgan fingerprint density at radius 2 is 1.94 bits per heavy atom. The summed E-state index contributed by atoms with van der Waals surface area (Å²) in [6.07, 6.45) is 8.47. The molecule has 1 saturated heterocycles. The Balaban J connectivity index is 1.92. The van der Waals surface area contributed by atoms with E-state index < -0.39 is 0 Å². The van der Waals surface area contributed by atoms with Crippen molar-refractivity contribution >= 4 is 12.6 Å². The highest BCUT2D eigenvalue weighted by molar-refractivity contribution is 7.80. The van der Waals surface area contributed by atoms with Gasteiger partial charge in [-0.2, -0.15) is 12.6 Å². The quantitative estimate of drug-likeness (QED) is 0.739. The molecule has 2 fully saturated rings. The van der Waals surface area contributed by atoms with Crippen molar-refractivity contribution in [1.82, 2.24) is 4.90 Å². The maximum atomic E-state index is 4.62. The van der Waals surface area contributed by atoms with E-state index in [1.54, 1.807) is 0 Å². The summed E-state index contributed by atoms with van der Waals surface area (Å²) in [6.45, 7) is 7.44. The van der Waals surface area contributed by atoms with Gasteiger partial charge in [0.1, 0.15) is 0 Å². The lowest BCUT2D eigenvalue weighted by molar-refractivity contribution is 0.0818. The monoisotopic (exact) mass is 241 g/mol. The molecule has 0 radical (unpaired) electrons. The second kappa shape index (κ2) is 5.30. The van der Waals surface area contributed by atoms with Gasteiger partial charge in [-0.25, -0.2) is 0 Å². The summed E-state index contributed by atoms with van der Waals surface area (Å²) in [7, 11) is 0. The summed E-state index contributed by atoms with van der Waals surface area (Å²) >= 11 is 4.62. The first-order chi connectivity index (χ1) is 7.65. The van der Waals surface area contributed by atoms with E-state index in [1.807, 2.05) is 0 Å². The van der Waals surface area contributed by atoms with Crippen molar-refractivity contribution in [2.75, 3.05) is 18.8 Å². The number of nitrogens with zero attached hydrogens (tertiary/aromatic N) is 1. The number of likely N-dealkylation sites (tertiary alicyclic amines) is 1. The fourth-order valence-electron chi connectivity index (χ4n) is 3.61. The van der Waals surface area contributed by atoms with Gasteiger partial charge in [0.05, 0.1) is 0 Å². The molecule has 0 amide bonds. The molecule has 1 heterocycles. The number of thiol groups is 1. The van der Waals surface area contributed by atoms with E-state index in [1.165, 1.54) is 51.6 Å². The van der Waals surface area contributed by atoms with E-state index in [-0.39, 0.29) is 0 Å². The second-order valence-electron chi connectivity index (χ2n) is 6.31. The predicted octanol–water partition coefficient (Wildman–Crippen LogP) is 3.60. The summed E-state index contributed by atoms with van der Waals surface area (Å²) in [5.74, 6) is 2.02. The second-order valence-corrected chi connectivity index (χ2v) is 6.63. The Labute approximate surface area is 106 Å². The molecule has 1 aliphatic carbocycles. The Morgan fingerprint density at radius 1 is 1.25 bits per heavy atom. The lowest BCUT2D eigenvalue weighted by atomic mass is 9.85. The van der Waals surface area contributed by atoms with Gasteiger partial charge in [0.15, 0.2) is 0 Å². The molecule has 0 spiro atoms. The average Bonchev–Trinajstić information content (AvgIpc) is 2.72. The van der Waals surface area contributed by atoms with E-state index in [9.17, 15) is 0 Å². The van der Waals surface area contributed by atoms with E-state index in [4.69, 9.17) is 0 Å². The van der Waals surface area contributed by atoms with Gasteiger partial charge in [0, 0.05) is 12.6 Å². The van der Waals surface area contributed by atoms with Crippen molar-refractivity contribution in [3.63, 3.8) is 0 Å². The molecule has 16 heavy (non-hydrogen) atoms. The molecule has 2 aliphatic rings.